The van der Waals surface area contributed by atoms with Crippen molar-refractivity contribution in [2.24, 2.45) is 8.80 Å². The highest BCUT2D eigenvalue weighted by atomic mass is 32.2. The van der Waals surface area contributed by atoms with Crippen molar-refractivity contribution in [2.75, 3.05) is 9.44 Å². The van der Waals surface area contributed by atoms with Crippen LogP contribution in [0.15, 0.2) is 118 Å². The average Bonchev–Trinajstić information content (AvgIpc) is 4.54. The first-order chi connectivity index (χ1) is 39.5. The molecule has 0 fully saturated rings. The number of nitrogens with zero attached hydrogens (tertiary/aromatic N) is 2. The summed E-state index contributed by atoms with van der Waals surface area (Å²) in [6, 6.07) is 42.6. The lowest BCUT2D eigenvalue weighted by atomic mass is 9.70. The van der Waals surface area contributed by atoms with Gasteiger partial charge in [0.25, 0.3) is 0 Å². The van der Waals surface area contributed by atoms with Crippen molar-refractivity contribution in [1.29, 1.82) is 0 Å². The molecular formula is C72H90N6S2. The number of aromatic amines is 2. The van der Waals surface area contributed by atoms with Crippen LogP contribution in [0.5, 0.6) is 0 Å². The number of anilines is 2. The van der Waals surface area contributed by atoms with Gasteiger partial charge in [0.05, 0.1) is 58.2 Å². The number of rotatable bonds is 32. The minimum Gasteiger partial charge on any atom is -0.354 e. The van der Waals surface area contributed by atoms with Crippen LogP contribution in [0.25, 0.3) is 67.3 Å². The maximum Gasteiger partial charge on any atom is 0.110 e. The third-order valence-corrected chi connectivity index (χ3v) is 20.1. The van der Waals surface area contributed by atoms with E-state index in [9.17, 15) is 0 Å². The summed E-state index contributed by atoms with van der Waals surface area (Å²) in [5, 5.41) is 1.90. The van der Waals surface area contributed by atoms with Crippen LogP contribution in [0.4, 0.5) is 11.4 Å². The van der Waals surface area contributed by atoms with Crippen molar-refractivity contribution in [3.63, 3.8) is 0 Å². The van der Waals surface area contributed by atoms with Crippen LogP contribution in [-0.4, -0.2) is 9.97 Å². The lowest BCUT2D eigenvalue weighted by Gasteiger charge is -2.33. The molecule has 0 saturated carbocycles. The first-order valence-corrected chi connectivity index (χ1v) is 33.5. The summed E-state index contributed by atoms with van der Waals surface area (Å²) < 4.78 is 17.5. The van der Waals surface area contributed by atoms with Gasteiger partial charge in [-0.2, -0.15) is 8.80 Å². The molecule has 0 spiro atoms. The van der Waals surface area contributed by atoms with Crippen molar-refractivity contribution in [3.8, 4) is 67.3 Å². The molecule has 5 aromatic carbocycles. The van der Waals surface area contributed by atoms with Crippen LogP contribution in [0.2, 0.25) is 0 Å². The molecule has 0 amide bonds. The maximum atomic E-state index is 5.13. The summed E-state index contributed by atoms with van der Waals surface area (Å²) in [5.74, 6) is 0. The molecule has 4 heterocycles. The standard InChI is InChI=1S/C72H90N6S2/c1-5-9-13-17-21-29-45-71(46-30-22-18-14-10-6-2)57-35-27-25-33-53(57)55-39-37-51(49-59(55)71)61-41-43-63(73-61)65-67-69(77-79-75-67)66(70-68(65)76-80-78-70)64-44-42-62(74-64)52-38-40-56-54-34-26-28-36-58(54)72(60(56)50-52,47-31-23-19-15-11-7-3)48-32-24-20-16-12-8-4/h25-28,33-44,49-50,73-75,78H,5-24,29-32,45-48H2,1-4H3. The van der Waals surface area contributed by atoms with Gasteiger partial charge in [-0.05, 0) is 118 Å². The molecule has 7 aromatic rings. The fourth-order valence-electron chi connectivity index (χ4n) is 14.7. The molecule has 80 heavy (non-hydrogen) atoms. The van der Waals surface area contributed by atoms with Crippen LogP contribution < -0.4 is 20.2 Å². The highest BCUT2D eigenvalue weighted by Gasteiger charge is 2.44. The van der Waals surface area contributed by atoms with Gasteiger partial charge in [0.15, 0.2) is 0 Å². The van der Waals surface area contributed by atoms with E-state index >= 15 is 0 Å². The summed E-state index contributed by atoms with van der Waals surface area (Å²) >= 11 is 2.82. The van der Waals surface area contributed by atoms with Crippen molar-refractivity contribution in [2.45, 2.75) is 218 Å². The Hall–Kier alpha value is -5.44. The number of unbranched alkanes of at least 4 members (excludes halogenated alkanes) is 20. The number of nitrogens with one attached hydrogen (secondary N) is 4. The Bertz CT molecular complexity index is 3090. The van der Waals surface area contributed by atoms with E-state index in [1.165, 1.54) is 249 Å². The van der Waals surface area contributed by atoms with Gasteiger partial charge in [0.1, 0.15) is 10.7 Å². The number of benzene rings is 5. The van der Waals surface area contributed by atoms with E-state index < -0.39 is 0 Å². The fourth-order valence-corrected chi connectivity index (χ4v) is 15.9. The van der Waals surface area contributed by atoms with E-state index in [2.05, 4.69) is 156 Å². The Kier molecular flexibility index (Phi) is 18.8. The highest BCUT2D eigenvalue weighted by molar-refractivity contribution is 7.99. The second-order valence-corrected chi connectivity index (χ2v) is 25.3. The Labute approximate surface area is 488 Å². The van der Waals surface area contributed by atoms with Crippen LogP contribution >= 0.6 is 24.3 Å². The molecule has 0 saturated heterocycles. The smallest absolute Gasteiger partial charge is 0.110 e. The number of aromatic nitrogens is 2. The molecule has 2 aliphatic heterocycles. The Balaban J connectivity index is 0.902. The molecule has 0 radical (unpaired) electrons. The molecule has 0 bridgehead atoms. The second kappa shape index (κ2) is 26.6. The molecule has 420 valence electrons. The van der Waals surface area contributed by atoms with Gasteiger partial charge < -0.3 is 19.4 Å². The first kappa shape index (κ1) is 56.4. The predicted molar refractivity (Wildman–Crippen MR) is 346 cm³/mol. The van der Waals surface area contributed by atoms with Gasteiger partial charge in [-0.25, -0.2) is 0 Å². The fraction of sp³-hybridized carbons (Fsp3) is 0.472. The summed E-state index contributed by atoms with van der Waals surface area (Å²) in [5.41, 5.74) is 23.0. The molecule has 8 heteroatoms. The lowest BCUT2D eigenvalue weighted by Crippen LogP contribution is -2.25. The van der Waals surface area contributed by atoms with Crippen LogP contribution in [0.3, 0.4) is 0 Å². The Morgan fingerprint density at radius 3 is 1.04 bits per heavy atom. The SMILES string of the molecule is CCCCCCCCC1(CCCCCCCC)c2ccccc2-c2ccc(-c3ccc(-c4c5c(c(-c6ccc(-c7ccc8c(c7)C(CCCCCCCC)(CCCCCCCC)c7ccccc7-8)[nH]6)c6c4=NSN6)=NSN5)[nH]3)cc21. The summed E-state index contributed by atoms with van der Waals surface area (Å²) in [6.45, 7) is 9.29. The normalized spacial score (nSPS) is 14.7. The summed E-state index contributed by atoms with van der Waals surface area (Å²) in [7, 11) is 0. The van der Waals surface area contributed by atoms with Crippen LogP contribution in [-0.2, 0) is 10.8 Å². The monoisotopic (exact) mass is 1100 g/mol. The number of H-pyrrole nitrogens is 2. The van der Waals surface area contributed by atoms with E-state index in [-0.39, 0.29) is 10.8 Å². The largest absolute Gasteiger partial charge is 0.354 e. The molecule has 2 aromatic heterocycles. The van der Waals surface area contributed by atoms with Gasteiger partial charge in [0, 0.05) is 22.2 Å². The van der Waals surface area contributed by atoms with Crippen molar-refractivity contribution in [1.82, 2.24) is 9.97 Å². The zero-order valence-corrected chi connectivity index (χ0v) is 50.5. The van der Waals surface area contributed by atoms with E-state index in [0.29, 0.717) is 0 Å². The van der Waals surface area contributed by atoms with Crippen molar-refractivity contribution < 1.29 is 0 Å². The quantitative estimate of drug-likeness (QED) is 0.0250. The van der Waals surface area contributed by atoms with Crippen molar-refractivity contribution in [3.05, 3.63) is 142 Å². The maximum absolute atomic E-state index is 5.13. The van der Waals surface area contributed by atoms with E-state index in [0.717, 1.165) is 56.0 Å². The first-order valence-electron chi connectivity index (χ1n) is 31.9. The van der Waals surface area contributed by atoms with E-state index in [4.69, 9.17) is 8.80 Å². The predicted octanol–water partition coefficient (Wildman–Crippen LogP) is 21.8. The zero-order chi connectivity index (χ0) is 54.7. The summed E-state index contributed by atoms with van der Waals surface area (Å²) in [6.07, 6.45) is 36.5. The minimum absolute atomic E-state index is 0.0317. The zero-order valence-electron chi connectivity index (χ0n) is 48.9. The van der Waals surface area contributed by atoms with Crippen LogP contribution in [0, 0.1) is 0 Å². The molecule has 4 N–H and O–H groups in total. The number of hydrogen-bond donors (Lipinski definition) is 4. The third kappa shape index (κ3) is 11.4. The van der Waals surface area contributed by atoms with Gasteiger partial charge in [0.2, 0.25) is 0 Å². The second-order valence-electron chi connectivity index (χ2n) is 24.2. The molecule has 4 aliphatic rings. The third-order valence-electron chi connectivity index (χ3n) is 18.9. The van der Waals surface area contributed by atoms with E-state index in [1.807, 2.05) is 0 Å². The van der Waals surface area contributed by atoms with E-state index in [1.54, 1.807) is 11.1 Å². The minimum atomic E-state index is 0.0317. The van der Waals surface area contributed by atoms with Gasteiger partial charge in [-0.1, -0.05) is 255 Å². The van der Waals surface area contributed by atoms with Gasteiger partial charge in [-0.3, -0.25) is 0 Å². The average molecular weight is 1100 g/mol. The van der Waals surface area contributed by atoms with Crippen molar-refractivity contribution >= 4 is 35.6 Å². The molecule has 11 rings (SSSR count). The molecule has 0 unspecified atom stereocenters. The number of hydrogen-bond acceptors (Lipinski definition) is 6. The molecule has 0 atom stereocenters. The van der Waals surface area contributed by atoms with Gasteiger partial charge in [-0.15, -0.1) is 0 Å². The molecule has 6 nitrogen and oxygen atoms in total. The molecular weight excluding hydrogens is 1010 g/mol. The lowest BCUT2D eigenvalue weighted by molar-refractivity contribution is 0.398. The summed E-state index contributed by atoms with van der Waals surface area (Å²) in [4.78, 5) is 7.92. The highest BCUT2D eigenvalue weighted by Crippen LogP contribution is 2.57. The number of fused-ring (bicyclic) bond motifs is 8. The van der Waals surface area contributed by atoms with Gasteiger partial charge >= 0.3 is 0 Å². The topological polar surface area (TPSA) is 80.4 Å². The molecule has 2 aliphatic carbocycles. The Morgan fingerprint density at radius 2 is 0.662 bits per heavy atom. The Morgan fingerprint density at radius 1 is 0.338 bits per heavy atom. The van der Waals surface area contributed by atoms with Crippen LogP contribution in [0.1, 0.15) is 230 Å².